The Labute approximate surface area is 130 Å². The van der Waals surface area contributed by atoms with Crippen LogP contribution in [0.5, 0.6) is 0 Å². The molecule has 0 saturated carbocycles. The normalized spacial score (nSPS) is 10.3. The van der Waals surface area contributed by atoms with Gasteiger partial charge in [-0.15, -0.1) is 0 Å². The molecule has 0 aliphatic rings. The molecule has 0 aliphatic carbocycles. The highest BCUT2D eigenvalue weighted by atomic mass is 79.9. The molecule has 6 heteroatoms. The number of halogens is 2. The first-order chi connectivity index (χ1) is 9.90. The summed E-state index contributed by atoms with van der Waals surface area (Å²) < 4.78 is 14.3. The van der Waals surface area contributed by atoms with Crippen molar-refractivity contribution in [3.63, 3.8) is 0 Å². The molecule has 2 rings (SSSR count). The van der Waals surface area contributed by atoms with E-state index in [9.17, 15) is 9.18 Å². The van der Waals surface area contributed by atoms with Crippen molar-refractivity contribution in [1.29, 1.82) is 0 Å². The first-order valence-electron chi connectivity index (χ1n) is 6.22. The molecule has 110 valence electrons. The highest BCUT2D eigenvalue weighted by Gasteiger charge is 2.15. The average molecular weight is 352 g/mol. The molecule has 2 aromatic carbocycles. The summed E-state index contributed by atoms with van der Waals surface area (Å²) in [7, 11) is 3.74. The minimum Gasteiger partial charge on any atom is -0.396 e. The standard InChI is InChI=1S/C15H15BrFN3O/c1-20(2)13-7-6-9(16)8-12(13)19-15(21)10-4-3-5-11(17)14(10)18/h3-8H,18H2,1-2H3,(H,19,21). The third-order valence-electron chi connectivity index (χ3n) is 2.99. The molecule has 21 heavy (non-hydrogen) atoms. The number of carbonyl (C=O) groups excluding carboxylic acids is 1. The third-order valence-corrected chi connectivity index (χ3v) is 3.48. The number of hydrogen-bond acceptors (Lipinski definition) is 3. The van der Waals surface area contributed by atoms with Crippen molar-refractivity contribution in [2.45, 2.75) is 0 Å². The van der Waals surface area contributed by atoms with Gasteiger partial charge in [-0.2, -0.15) is 0 Å². The molecule has 0 fully saturated rings. The Morgan fingerprint density at radius 2 is 2.00 bits per heavy atom. The predicted molar refractivity (Wildman–Crippen MR) is 87.2 cm³/mol. The Hall–Kier alpha value is -2.08. The van der Waals surface area contributed by atoms with Crippen LogP contribution in [0.2, 0.25) is 0 Å². The molecule has 3 N–H and O–H groups in total. The number of para-hydroxylation sites is 1. The molecule has 0 radical (unpaired) electrons. The Balaban J connectivity index is 2.36. The zero-order valence-electron chi connectivity index (χ0n) is 11.7. The van der Waals surface area contributed by atoms with Crippen molar-refractivity contribution in [2.24, 2.45) is 0 Å². The van der Waals surface area contributed by atoms with Crippen molar-refractivity contribution < 1.29 is 9.18 Å². The van der Waals surface area contributed by atoms with Gasteiger partial charge in [0.05, 0.1) is 22.6 Å². The topological polar surface area (TPSA) is 58.4 Å². The Kier molecular flexibility index (Phi) is 4.47. The van der Waals surface area contributed by atoms with Gasteiger partial charge in [-0.3, -0.25) is 4.79 Å². The van der Waals surface area contributed by atoms with Gasteiger partial charge in [0.1, 0.15) is 5.82 Å². The number of nitrogens with one attached hydrogen (secondary N) is 1. The number of anilines is 3. The lowest BCUT2D eigenvalue weighted by molar-refractivity contribution is 0.102. The summed E-state index contributed by atoms with van der Waals surface area (Å²) in [6, 6.07) is 9.69. The van der Waals surface area contributed by atoms with Crippen LogP contribution in [0.4, 0.5) is 21.5 Å². The molecule has 0 aromatic heterocycles. The van der Waals surface area contributed by atoms with E-state index in [1.54, 1.807) is 6.07 Å². The molecule has 0 spiro atoms. The Morgan fingerprint density at radius 3 is 2.67 bits per heavy atom. The van der Waals surface area contributed by atoms with Crippen molar-refractivity contribution >= 4 is 38.9 Å². The van der Waals surface area contributed by atoms with Crippen LogP contribution in [0.1, 0.15) is 10.4 Å². The van der Waals surface area contributed by atoms with E-state index in [0.717, 1.165) is 10.2 Å². The summed E-state index contributed by atoms with van der Waals surface area (Å²) in [5, 5.41) is 2.76. The van der Waals surface area contributed by atoms with Gasteiger partial charge in [0.15, 0.2) is 0 Å². The van der Waals surface area contributed by atoms with Gasteiger partial charge in [-0.05, 0) is 30.3 Å². The van der Waals surface area contributed by atoms with E-state index >= 15 is 0 Å². The number of nitrogen functional groups attached to an aromatic ring is 1. The third kappa shape index (κ3) is 3.33. The van der Waals surface area contributed by atoms with E-state index in [1.807, 2.05) is 31.1 Å². The van der Waals surface area contributed by atoms with E-state index in [4.69, 9.17) is 5.73 Å². The van der Waals surface area contributed by atoms with Gasteiger partial charge in [0, 0.05) is 18.6 Å². The SMILES string of the molecule is CN(C)c1ccc(Br)cc1NC(=O)c1cccc(F)c1N. The fourth-order valence-corrected chi connectivity index (χ4v) is 2.28. The second-order valence-electron chi connectivity index (χ2n) is 4.71. The number of amides is 1. The van der Waals surface area contributed by atoms with E-state index in [1.165, 1.54) is 18.2 Å². The largest absolute Gasteiger partial charge is 0.396 e. The molecule has 4 nitrogen and oxygen atoms in total. The van der Waals surface area contributed by atoms with Crippen molar-refractivity contribution in [3.05, 3.63) is 52.3 Å². The van der Waals surface area contributed by atoms with Crippen LogP contribution in [0.25, 0.3) is 0 Å². The van der Waals surface area contributed by atoms with Crippen LogP contribution < -0.4 is 16.0 Å². The van der Waals surface area contributed by atoms with Gasteiger partial charge in [0.2, 0.25) is 0 Å². The highest BCUT2D eigenvalue weighted by molar-refractivity contribution is 9.10. The fourth-order valence-electron chi connectivity index (χ4n) is 1.92. The highest BCUT2D eigenvalue weighted by Crippen LogP contribution is 2.29. The molecular weight excluding hydrogens is 337 g/mol. The average Bonchev–Trinajstić information content (AvgIpc) is 2.41. The number of carbonyl (C=O) groups is 1. The summed E-state index contributed by atoms with van der Waals surface area (Å²) >= 11 is 3.36. The van der Waals surface area contributed by atoms with Crippen molar-refractivity contribution in [2.75, 3.05) is 30.0 Å². The Bertz CT molecular complexity index is 689. The smallest absolute Gasteiger partial charge is 0.257 e. The number of hydrogen-bond donors (Lipinski definition) is 2. The molecule has 1 amide bonds. The second-order valence-corrected chi connectivity index (χ2v) is 5.63. The molecule has 0 bridgehead atoms. The zero-order valence-corrected chi connectivity index (χ0v) is 13.2. The molecule has 2 aromatic rings. The molecular formula is C15H15BrFN3O. The summed E-state index contributed by atoms with van der Waals surface area (Å²) in [6.07, 6.45) is 0. The lowest BCUT2D eigenvalue weighted by Crippen LogP contribution is -2.18. The van der Waals surface area contributed by atoms with E-state index < -0.39 is 11.7 Å². The molecule has 0 aliphatic heterocycles. The fraction of sp³-hybridized carbons (Fsp3) is 0.133. The van der Waals surface area contributed by atoms with Crippen LogP contribution in [-0.2, 0) is 0 Å². The Morgan fingerprint density at radius 1 is 1.29 bits per heavy atom. The summed E-state index contributed by atoms with van der Waals surface area (Å²) in [5.41, 5.74) is 7.01. The van der Waals surface area contributed by atoms with Gasteiger partial charge >= 0.3 is 0 Å². The van der Waals surface area contributed by atoms with Gasteiger partial charge in [0.25, 0.3) is 5.91 Å². The van der Waals surface area contributed by atoms with Crippen LogP contribution in [0, 0.1) is 5.82 Å². The van der Waals surface area contributed by atoms with Crippen LogP contribution in [0.15, 0.2) is 40.9 Å². The minimum atomic E-state index is -0.607. The minimum absolute atomic E-state index is 0.111. The molecule has 0 atom stereocenters. The predicted octanol–water partition coefficient (Wildman–Crippen LogP) is 3.49. The maximum Gasteiger partial charge on any atom is 0.257 e. The summed E-state index contributed by atoms with van der Waals surface area (Å²) in [4.78, 5) is 14.2. The van der Waals surface area contributed by atoms with Crippen LogP contribution >= 0.6 is 15.9 Å². The van der Waals surface area contributed by atoms with Crippen LogP contribution in [0.3, 0.4) is 0 Å². The lowest BCUT2D eigenvalue weighted by atomic mass is 10.1. The maximum absolute atomic E-state index is 13.4. The molecule has 0 saturated heterocycles. The summed E-state index contributed by atoms with van der Waals surface area (Å²) in [5.74, 6) is -1.06. The second kappa shape index (κ2) is 6.13. The first kappa shape index (κ1) is 15.3. The van der Waals surface area contributed by atoms with E-state index in [-0.39, 0.29) is 11.3 Å². The molecule has 0 heterocycles. The number of nitrogens with zero attached hydrogens (tertiary/aromatic N) is 1. The monoisotopic (exact) mass is 351 g/mol. The van der Waals surface area contributed by atoms with Crippen molar-refractivity contribution in [3.8, 4) is 0 Å². The lowest BCUT2D eigenvalue weighted by Gasteiger charge is -2.18. The maximum atomic E-state index is 13.4. The first-order valence-corrected chi connectivity index (χ1v) is 7.01. The summed E-state index contributed by atoms with van der Waals surface area (Å²) in [6.45, 7) is 0. The van der Waals surface area contributed by atoms with E-state index in [2.05, 4.69) is 21.2 Å². The number of benzene rings is 2. The van der Waals surface area contributed by atoms with Gasteiger partial charge < -0.3 is 16.0 Å². The number of nitrogens with two attached hydrogens (primary N) is 1. The molecule has 0 unspecified atom stereocenters. The van der Waals surface area contributed by atoms with Gasteiger partial charge in [-0.1, -0.05) is 22.0 Å². The van der Waals surface area contributed by atoms with Gasteiger partial charge in [-0.25, -0.2) is 4.39 Å². The van der Waals surface area contributed by atoms with E-state index in [0.29, 0.717) is 5.69 Å². The number of rotatable bonds is 3. The van der Waals surface area contributed by atoms with Crippen molar-refractivity contribution in [1.82, 2.24) is 0 Å². The zero-order chi connectivity index (χ0) is 15.6. The van der Waals surface area contributed by atoms with Crippen LogP contribution in [-0.4, -0.2) is 20.0 Å². The quantitative estimate of drug-likeness (QED) is 0.832.